The van der Waals surface area contributed by atoms with Crippen LogP contribution in [0.15, 0.2) is 36.7 Å². The van der Waals surface area contributed by atoms with Crippen molar-refractivity contribution in [3.63, 3.8) is 0 Å². The lowest BCUT2D eigenvalue weighted by atomic mass is 10.3. The highest BCUT2D eigenvalue weighted by Crippen LogP contribution is 2.24. The molecule has 0 aliphatic heterocycles. The SMILES string of the molecule is Cc1cnc(C(=O)Nc2ccccc2OCC(N)=S)cn1. The number of rotatable bonds is 5. The average molecular weight is 302 g/mol. The molecular formula is C14H14N4O2S. The fourth-order valence-electron chi connectivity index (χ4n) is 1.54. The highest BCUT2D eigenvalue weighted by molar-refractivity contribution is 7.80. The summed E-state index contributed by atoms with van der Waals surface area (Å²) in [5.41, 5.74) is 6.88. The van der Waals surface area contributed by atoms with Crippen molar-refractivity contribution in [3.05, 3.63) is 48.0 Å². The Bertz CT molecular complexity index is 658. The predicted octanol–water partition coefficient (Wildman–Crippen LogP) is 1.70. The van der Waals surface area contributed by atoms with Crippen LogP contribution in [0.25, 0.3) is 0 Å². The quantitative estimate of drug-likeness (QED) is 0.817. The van der Waals surface area contributed by atoms with Gasteiger partial charge in [-0.25, -0.2) is 4.98 Å². The van der Waals surface area contributed by atoms with Gasteiger partial charge in [0.05, 0.1) is 17.6 Å². The molecule has 0 fully saturated rings. The summed E-state index contributed by atoms with van der Waals surface area (Å²) in [6.45, 7) is 1.90. The van der Waals surface area contributed by atoms with Crippen molar-refractivity contribution < 1.29 is 9.53 Å². The molecule has 0 atom stereocenters. The number of amides is 1. The molecule has 1 aromatic heterocycles. The van der Waals surface area contributed by atoms with Crippen LogP contribution in [0.4, 0.5) is 5.69 Å². The van der Waals surface area contributed by atoms with Gasteiger partial charge in [-0.15, -0.1) is 0 Å². The van der Waals surface area contributed by atoms with Crippen molar-refractivity contribution in [1.29, 1.82) is 0 Å². The van der Waals surface area contributed by atoms with Gasteiger partial charge in [-0.1, -0.05) is 24.4 Å². The van der Waals surface area contributed by atoms with Gasteiger partial charge in [0.2, 0.25) is 0 Å². The third kappa shape index (κ3) is 4.22. The average Bonchev–Trinajstić information content (AvgIpc) is 2.47. The topological polar surface area (TPSA) is 90.1 Å². The Morgan fingerprint density at radius 2 is 2.10 bits per heavy atom. The van der Waals surface area contributed by atoms with E-state index in [1.54, 1.807) is 31.2 Å². The van der Waals surface area contributed by atoms with Crippen molar-refractivity contribution in [2.24, 2.45) is 5.73 Å². The number of para-hydroxylation sites is 2. The molecule has 6 nitrogen and oxygen atoms in total. The van der Waals surface area contributed by atoms with Crippen molar-refractivity contribution in [2.75, 3.05) is 11.9 Å². The second-order valence-electron chi connectivity index (χ2n) is 4.25. The maximum absolute atomic E-state index is 12.1. The summed E-state index contributed by atoms with van der Waals surface area (Å²) in [7, 11) is 0. The van der Waals surface area contributed by atoms with E-state index in [1.807, 2.05) is 0 Å². The maximum Gasteiger partial charge on any atom is 0.275 e. The second kappa shape index (κ2) is 6.76. The number of nitrogens with one attached hydrogen (secondary N) is 1. The van der Waals surface area contributed by atoms with Gasteiger partial charge in [-0.2, -0.15) is 0 Å². The molecule has 2 rings (SSSR count). The normalized spacial score (nSPS) is 9.95. The predicted molar refractivity (Wildman–Crippen MR) is 83.4 cm³/mol. The van der Waals surface area contributed by atoms with E-state index in [0.717, 1.165) is 5.69 Å². The summed E-state index contributed by atoms with van der Waals surface area (Å²) in [6, 6.07) is 7.00. The molecule has 7 heteroatoms. The van der Waals surface area contributed by atoms with Gasteiger partial charge >= 0.3 is 0 Å². The van der Waals surface area contributed by atoms with Crippen molar-refractivity contribution in [2.45, 2.75) is 6.92 Å². The zero-order valence-electron chi connectivity index (χ0n) is 11.4. The number of benzene rings is 1. The van der Waals surface area contributed by atoms with Crippen LogP contribution in [-0.4, -0.2) is 27.5 Å². The molecule has 21 heavy (non-hydrogen) atoms. The van der Waals surface area contributed by atoms with Crippen LogP contribution in [0.3, 0.4) is 0 Å². The number of aryl methyl sites for hydroxylation is 1. The standard InChI is InChI=1S/C14H14N4O2S/c1-9-6-17-11(7-16-9)14(19)18-10-4-2-3-5-12(10)20-8-13(15)21/h2-7H,8H2,1H3,(H2,15,21)(H,18,19). The van der Waals surface area contributed by atoms with Gasteiger partial charge in [0.15, 0.2) is 0 Å². The van der Waals surface area contributed by atoms with Crippen molar-refractivity contribution in [1.82, 2.24) is 9.97 Å². The minimum absolute atomic E-state index is 0.104. The van der Waals surface area contributed by atoms with Crippen LogP contribution in [0.1, 0.15) is 16.2 Å². The van der Waals surface area contributed by atoms with E-state index in [2.05, 4.69) is 15.3 Å². The molecule has 0 saturated heterocycles. The molecule has 0 spiro atoms. The van der Waals surface area contributed by atoms with Crippen LogP contribution in [0, 0.1) is 6.92 Å². The molecule has 2 aromatic rings. The lowest BCUT2D eigenvalue weighted by Gasteiger charge is -2.11. The van der Waals surface area contributed by atoms with Gasteiger partial charge < -0.3 is 15.8 Å². The highest BCUT2D eigenvalue weighted by atomic mass is 32.1. The van der Waals surface area contributed by atoms with E-state index in [0.29, 0.717) is 11.4 Å². The van der Waals surface area contributed by atoms with Gasteiger partial charge in [0.25, 0.3) is 5.91 Å². The number of nitrogens with zero attached hydrogens (tertiary/aromatic N) is 2. The van der Waals surface area contributed by atoms with Gasteiger partial charge in [-0.05, 0) is 19.1 Å². The minimum atomic E-state index is -0.367. The number of carbonyl (C=O) groups is 1. The number of nitrogens with two attached hydrogens (primary N) is 1. The number of thiocarbonyl (C=S) groups is 1. The van der Waals surface area contributed by atoms with Crippen LogP contribution < -0.4 is 15.8 Å². The molecule has 0 aliphatic rings. The van der Waals surface area contributed by atoms with Crippen LogP contribution >= 0.6 is 12.2 Å². The van der Waals surface area contributed by atoms with Gasteiger partial charge in [0, 0.05) is 6.20 Å². The number of ether oxygens (including phenoxy) is 1. The summed E-state index contributed by atoms with van der Waals surface area (Å²) >= 11 is 4.76. The van der Waals surface area contributed by atoms with E-state index < -0.39 is 0 Å². The first kappa shape index (κ1) is 14.9. The molecule has 0 unspecified atom stereocenters. The Morgan fingerprint density at radius 3 is 2.76 bits per heavy atom. The van der Waals surface area contributed by atoms with Crippen molar-refractivity contribution in [3.8, 4) is 5.75 Å². The Hall–Kier alpha value is -2.54. The van der Waals surface area contributed by atoms with E-state index in [9.17, 15) is 4.79 Å². The Balaban J connectivity index is 2.13. The molecular weight excluding hydrogens is 288 g/mol. The Kier molecular flexibility index (Phi) is 4.78. The Morgan fingerprint density at radius 1 is 1.33 bits per heavy atom. The summed E-state index contributed by atoms with van der Waals surface area (Å²) < 4.78 is 5.44. The fourth-order valence-corrected chi connectivity index (χ4v) is 1.60. The van der Waals surface area contributed by atoms with E-state index >= 15 is 0 Å². The zero-order valence-corrected chi connectivity index (χ0v) is 12.2. The molecule has 1 amide bonds. The first-order valence-corrected chi connectivity index (χ1v) is 6.57. The molecule has 0 saturated carbocycles. The third-order valence-corrected chi connectivity index (χ3v) is 2.64. The highest BCUT2D eigenvalue weighted by Gasteiger charge is 2.11. The van der Waals surface area contributed by atoms with Crippen molar-refractivity contribution >= 4 is 28.8 Å². The van der Waals surface area contributed by atoms with Gasteiger partial charge in [0.1, 0.15) is 23.0 Å². The molecule has 3 N–H and O–H groups in total. The van der Waals surface area contributed by atoms with E-state index in [4.69, 9.17) is 22.7 Å². The monoisotopic (exact) mass is 302 g/mol. The second-order valence-corrected chi connectivity index (χ2v) is 4.77. The molecule has 108 valence electrons. The molecule has 1 aromatic carbocycles. The molecule has 1 heterocycles. The molecule has 0 bridgehead atoms. The smallest absolute Gasteiger partial charge is 0.275 e. The molecule has 0 radical (unpaired) electrons. The van der Waals surface area contributed by atoms with Crippen LogP contribution in [0.2, 0.25) is 0 Å². The minimum Gasteiger partial charge on any atom is -0.484 e. The number of anilines is 1. The lowest BCUT2D eigenvalue weighted by Crippen LogP contribution is -2.19. The first-order valence-electron chi connectivity index (χ1n) is 6.16. The number of aromatic nitrogens is 2. The van der Waals surface area contributed by atoms with Gasteiger partial charge in [-0.3, -0.25) is 9.78 Å². The largest absolute Gasteiger partial charge is 0.484 e. The van der Waals surface area contributed by atoms with Crippen LogP contribution in [0.5, 0.6) is 5.75 Å². The Labute approximate surface area is 127 Å². The number of carbonyl (C=O) groups excluding carboxylic acids is 1. The summed E-state index contributed by atoms with van der Waals surface area (Å²) in [5.74, 6) is 0.118. The summed E-state index contributed by atoms with van der Waals surface area (Å²) in [5, 5.41) is 2.72. The lowest BCUT2D eigenvalue weighted by molar-refractivity contribution is 0.102. The zero-order chi connectivity index (χ0) is 15.2. The van der Waals surface area contributed by atoms with Crippen LogP contribution in [-0.2, 0) is 0 Å². The third-order valence-electron chi connectivity index (χ3n) is 2.52. The fraction of sp³-hybridized carbons (Fsp3) is 0.143. The first-order chi connectivity index (χ1) is 10.1. The summed E-state index contributed by atoms with van der Waals surface area (Å²) in [4.78, 5) is 20.4. The van der Waals surface area contributed by atoms with E-state index in [-0.39, 0.29) is 23.2 Å². The molecule has 0 aliphatic carbocycles. The maximum atomic E-state index is 12.1. The number of hydrogen-bond donors (Lipinski definition) is 2. The van der Waals surface area contributed by atoms with E-state index in [1.165, 1.54) is 12.4 Å². The summed E-state index contributed by atoms with van der Waals surface area (Å²) in [6.07, 6.45) is 2.95. The number of hydrogen-bond acceptors (Lipinski definition) is 5.